The SMILES string of the molecule is N#Cc1cc(S(=O)(=O)Nc2ncns2)ccc1Sc1ccccc1C(F)(F)F. The van der Waals surface area contributed by atoms with Crippen LogP contribution in [0.15, 0.2) is 63.5 Å². The molecular weight excluding hydrogens is 433 g/mol. The third-order valence-electron chi connectivity index (χ3n) is 3.38. The van der Waals surface area contributed by atoms with E-state index >= 15 is 0 Å². The highest BCUT2D eigenvalue weighted by atomic mass is 32.2. The quantitative estimate of drug-likeness (QED) is 0.630. The van der Waals surface area contributed by atoms with Gasteiger partial charge in [-0.25, -0.2) is 13.4 Å². The number of alkyl halides is 3. The highest BCUT2D eigenvalue weighted by Crippen LogP contribution is 2.40. The second-order valence-corrected chi connectivity index (χ2v) is 8.76. The van der Waals surface area contributed by atoms with E-state index < -0.39 is 21.8 Å². The van der Waals surface area contributed by atoms with Crippen molar-refractivity contribution < 1.29 is 21.6 Å². The number of halogens is 3. The van der Waals surface area contributed by atoms with E-state index in [0.717, 1.165) is 35.4 Å². The molecule has 0 aliphatic rings. The summed E-state index contributed by atoms with van der Waals surface area (Å²) < 4.78 is 70.1. The molecule has 0 radical (unpaired) electrons. The second-order valence-electron chi connectivity index (χ2n) is 5.22. The summed E-state index contributed by atoms with van der Waals surface area (Å²) in [6.45, 7) is 0. The maximum Gasteiger partial charge on any atom is 0.417 e. The van der Waals surface area contributed by atoms with Crippen LogP contribution in [0, 0.1) is 11.3 Å². The summed E-state index contributed by atoms with van der Waals surface area (Å²) in [6.07, 6.45) is -3.37. The van der Waals surface area contributed by atoms with Crippen molar-refractivity contribution in [1.29, 1.82) is 5.26 Å². The molecule has 0 fully saturated rings. The molecule has 12 heteroatoms. The molecule has 0 aliphatic carbocycles. The fourth-order valence-electron chi connectivity index (χ4n) is 2.15. The molecule has 1 aromatic heterocycles. The molecule has 3 aromatic rings. The first-order valence-electron chi connectivity index (χ1n) is 7.38. The van der Waals surface area contributed by atoms with Crippen molar-refractivity contribution in [2.45, 2.75) is 20.9 Å². The summed E-state index contributed by atoms with van der Waals surface area (Å²) in [5, 5.41) is 9.40. The van der Waals surface area contributed by atoms with Crippen LogP contribution in [-0.4, -0.2) is 17.8 Å². The predicted molar refractivity (Wildman–Crippen MR) is 97.4 cm³/mol. The zero-order valence-corrected chi connectivity index (χ0v) is 16.1. The van der Waals surface area contributed by atoms with Gasteiger partial charge in [0, 0.05) is 21.3 Å². The van der Waals surface area contributed by atoms with E-state index in [9.17, 15) is 26.9 Å². The molecule has 3 rings (SSSR count). The smallest absolute Gasteiger partial charge is 0.253 e. The highest BCUT2D eigenvalue weighted by Gasteiger charge is 2.33. The summed E-state index contributed by atoms with van der Waals surface area (Å²) in [4.78, 5) is 3.62. The molecule has 0 aliphatic heterocycles. The summed E-state index contributed by atoms with van der Waals surface area (Å²) in [6, 6.07) is 10.4. The van der Waals surface area contributed by atoms with Gasteiger partial charge in [-0.1, -0.05) is 23.9 Å². The van der Waals surface area contributed by atoms with Crippen molar-refractivity contribution in [3.63, 3.8) is 0 Å². The van der Waals surface area contributed by atoms with Gasteiger partial charge in [-0.2, -0.15) is 22.8 Å². The van der Waals surface area contributed by atoms with Gasteiger partial charge < -0.3 is 0 Å². The maximum absolute atomic E-state index is 13.2. The first kappa shape index (κ1) is 20.1. The molecule has 1 N–H and O–H groups in total. The van der Waals surface area contributed by atoms with Crippen LogP contribution in [0.25, 0.3) is 0 Å². The molecule has 2 aromatic carbocycles. The van der Waals surface area contributed by atoms with Crippen molar-refractivity contribution >= 4 is 38.4 Å². The lowest BCUT2D eigenvalue weighted by Crippen LogP contribution is -2.13. The Morgan fingerprint density at radius 1 is 1.14 bits per heavy atom. The van der Waals surface area contributed by atoms with Gasteiger partial charge >= 0.3 is 6.18 Å². The van der Waals surface area contributed by atoms with E-state index in [1.807, 2.05) is 6.07 Å². The topological polar surface area (TPSA) is 95.7 Å². The minimum absolute atomic E-state index is 0.0519. The molecule has 28 heavy (non-hydrogen) atoms. The minimum atomic E-state index is -4.55. The molecule has 6 nitrogen and oxygen atoms in total. The second kappa shape index (κ2) is 7.78. The van der Waals surface area contributed by atoms with E-state index in [0.29, 0.717) is 0 Å². The Bertz CT molecular complexity index is 1140. The van der Waals surface area contributed by atoms with Crippen LogP contribution >= 0.6 is 23.3 Å². The normalized spacial score (nSPS) is 11.8. The first-order chi connectivity index (χ1) is 13.2. The van der Waals surface area contributed by atoms with Crippen LogP contribution in [-0.2, 0) is 16.2 Å². The predicted octanol–water partition coefficient (Wildman–Crippen LogP) is 4.38. The standard InChI is InChI=1S/C16H9F3N4O2S3/c17-16(18,19)12-3-1-2-4-14(12)26-13-6-5-11(7-10(13)8-20)28(24,25)23-15-21-9-22-27-15/h1-7,9H,(H,21,22,23). The number of hydrogen-bond acceptors (Lipinski definition) is 7. The lowest BCUT2D eigenvalue weighted by molar-refractivity contribution is -0.139. The minimum Gasteiger partial charge on any atom is -0.253 e. The van der Waals surface area contributed by atoms with Crippen LogP contribution in [0.2, 0.25) is 0 Å². The summed E-state index contributed by atoms with van der Waals surface area (Å²) in [7, 11) is -4.02. The van der Waals surface area contributed by atoms with Crippen molar-refractivity contribution in [1.82, 2.24) is 9.36 Å². The lowest BCUT2D eigenvalue weighted by atomic mass is 10.2. The zero-order chi connectivity index (χ0) is 20.4. The molecule has 1 heterocycles. The van der Waals surface area contributed by atoms with Crippen LogP contribution < -0.4 is 4.72 Å². The van der Waals surface area contributed by atoms with Gasteiger partial charge in [-0.05, 0) is 30.3 Å². The molecule has 0 amide bonds. The van der Waals surface area contributed by atoms with E-state index in [4.69, 9.17) is 0 Å². The number of anilines is 1. The first-order valence-corrected chi connectivity index (χ1v) is 10.5. The Labute approximate surface area is 166 Å². The van der Waals surface area contributed by atoms with Gasteiger partial charge in [0.05, 0.1) is 16.0 Å². The third-order valence-corrected chi connectivity index (χ3v) is 6.57. The Balaban J connectivity index is 1.95. The fraction of sp³-hybridized carbons (Fsp3) is 0.0625. The largest absolute Gasteiger partial charge is 0.417 e. The molecule has 0 saturated carbocycles. The molecule has 0 unspecified atom stereocenters. The van der Waals surface area contributed by atoms with Crippen molar-refractivity contribution in [2.24, 2.45) is 0 Å². The zero-order valence-electron chi connectivity index (χ0n) is 13.6. The third kappa shape index (κ3) is 4.44. The van der Waals surface area contributed by atoms with Gasteiger partial charge in [0.1, 0.15) is 12.4 Å². The van der Waals surface area contributed by atoms with Crippen LogP contribution in [0.4, 0.5) is 18.3 Å². The van der Waals surface area contributed by atoms with Gasteiger partial charge in [0.15, 0.2) is 0 Å². The van der Waals surface area contributed by atoms with Crippen molar-refractivity contribution in [3.05, 3.63) is 59.9 Å². The number of aromatic nitrogens is 2. The van der Waals surface area contributed by atoms with Crippen molar-refractivity contribution in [2.75, 3.05) is 4.72 Å². The van der Waals surface area contributed by atoms with Gasteiger partial charge in [0.25, 0.3) is 10.0 Å². The Morgan fingerprint density at radius 2 is 1.89 bits per heavy atom. The monoisotopic (exact) mass is 442 g/mol. The number of nitrogens with zero attached hydrogens (tertiary/aromatic N) is 3. The summed E-state index contributed by atoms with van der Waals surface area (Å²) in [5.41, 5.74) is -0.902. The van der Waals surface area contributed by atoms with Crippen LogP contribution in [0.5, 0.6) is 0 Å². The van der Waals surface area contributed by atoms with E-state index in [1.165, 1.54) is 36.7 Å². The number of nitriles is 1. The maximum atomic E-state index is 13.2. The molecule has 0 atom stereocenters. The Kier molecular flexibility index (Phi) is 5.59. The van der Waals surface area contributed by atoms with Gasteiger partial charge in [-0.3, -0.25) is 4.72 Å². The average molecular weight is 442 g/mol. The molecule has 0 bridgehead atoms. The Morgan fingerprint density at radius 3 is 2.54 bits per heavy atom. The highest BCUT2D eigenvalue weighted by molar-refractivity contribution is 7.99. The van der Waals surface area contributed by atoms with Gasteiger partial charge in [-0.15, -0.1) is 0 Å². The number of benzene rings is 2. The molecule has 144 valence electrons. The van der Waals surface area contributed by atoms with Crippen LogP contribution in [0.1, 0.15) is 11.1 Å². The van der Waals surface area contributed by atoms with Gasteiger partial charge in [0.2, 0.25) is 5.13 Å². The molecule has 0 saturated heterocycles. The number of rotatable bonds is 5. The Hall–Kier alpha value is -2.62. The van der Waals surface area contributed by atoms with Crippen LogP contribution in [0.3, 0.4) is 0 Å². The fourth-order valence-corrected chi connectivity index (χ4v) is 4.87. The number of sulfonamides is 1. The molecule has 0 spiro atoms. The lowest BCUT2D eigenvalue weighted by Gasteiger charge is -2.13. The van der Waals surface area contributed by atoms with E-state index in [2.05, 4.69) is 14.1 Å². The van der Waals surface area contributed by atoms with E-state index in [1.54, 1.807) is 0 Å². The average Bonchev–Trinajstić information content (AvgIpc) is 3.13. The molecular formula is C16H9F3N4O2S3. The number of hydrogen-bond donors (Lipinski definition) is 1. The summed E-state index contributed by atoms with van der Waals surface area (Å²) in [5.74, 6) is 0. The van der Waals surface area contributed by atoms with E-state index in [-0.39, 0.29) is 25.4 Å². The van der Waals surface area contributed by atoms with Crippen molar-refractivity contribution in [3.8, 4) is 6.07 Å². The number of nitrogens with one attached hydrogen (secondary N) is 1. The summed E-state index contributed by atoms with van der Waals surface area (Å²) >= 11 is 1.58.